The van der Waals surface area contributed by atoms with Crippen LogP contribution in [0, 0.1) is 6.92 Å². The molecular weight excluding hydrogens is 218 g/mol. The Balaban J connectivity index is 2.23. The average molecular weight is 229 g/mol. The monoisotopic (exact) mass is 229 g/mol. The lowest BCUT2D eigenvalue weighted by molar-refractivity contribution is 0.102. The van der Waals surface area contributed by atoms with Gasteiger partial charge in [-0.05, 0) is 19.1 Å². The molecule has 2 rings (SSSR count). The van der Waals surface area contributed by atoms with Crippen LogP contribution in [0.15, 0.2) is 36.8 Å². The number of amides is 1. The fourth-order valence-electron chi connectivity index (χ4n) is 1.38. The number of aromatic nitrogens is 2. The highest BCUT2D eigenvalue weighted by atomic mass is 16.3. The molecule has 0 unspecified atom stereocenters. The number of carbonyl (C=O) groups excluding carboxylic acids is 1. The number of rotatable bonds is 2. The van der Waals surface area contributed by atoms with Crippen LogP contribution in [-0.4, -0.2) is 21.0 Å². The van der Waals surface area contributed by atoms with Gasteiger partial charge in [0.15, 0.2) is 5.82 Å². The quantitative estimate of drug-likeness (QED) is 0.822. The molecule has 0 aliphatic rings. The van der Waals surface area contributed by atoms with Crippen LogP contribution in [0.4, 0.5) is 5.82 Å². The number of nitrogens with one attached hydrogen (secondary N) is 1. The van der Waals surface area contributed by atoms with Gasteiger partial charge in [0.25, 0.3) is 5.91 Å². The van der Waals surface area contributed by atoms with Crippen LogP contribution in [-0.2, 0) is 0 Å². The first-order valence-electron chi connectivity index (χ1n) is 5.04. The van der Waals surface area contributed by atoms with E-state index in [1.165, 1.54) is 24.7 Å². The van der Waals surface area contributed by atoms with E-state index in [-0.39, 0.29) is 11.3 Å². The third-order valence-corrected chi connectivity index (χ3v) is 2.20. The van der Waals surface area contributed by atoms with Crippen molar-refractivity contribution in [1.29, 1.82) is 0 Å². The van der Waals surface area contributed by atoms with Gasteiger partial charge in [0.05, 0.1) is 11.8 Å². The van der Waals surface area contributed by atoms with Gasteiger partial charge < -0.3 is 10.4 Å². The van der Waals surface area contributed by atoms with Gasteiger partial charge in [0.2, 0.25) is 0 Å². The summed E-state index contributed by atoms with van der Waals surface area (Å²) < 4.78 is 0. The zero-order valence-corrected chi connectivity index (χ0v) is 9.21. The summed E-state index contributed by atoms with van der Waals surface area (Å²) in [5, 5.41) is 12.1. The predicted octanol–water partition coefficient (Wildman–Crippen LogP) is 1.74. The molecule has 86 valence electrons. The molecule has 0 saturated carbocycles. The van der Waals surface area contributed by atoms with Gasteiger partial charge in [-0.1, -0.05) is 11.6 Å². The Hall–Kier alpha value is -2.43. The highest BCUT2D eigenvalue weighted by Crippen LogP contribution is 2.19. The molecule has 0 atom stereocenters. The number of hydrogen-bond donors (Lipinski definition) is 2. The number of aryl methyl sites for hydroxylation is 1. The van der Waals surface area contributed by atoms with E-state index in [1.54, 1.807) is 12.1 Å². The number of nitrogens with zero attached hydrogens (tertiary/aromatic N) is 2. The molecule has 0 aliphatic carbocycles. The number of benzene rings is 1. The summed E-state index contributed by atoms with van der Waals surface area (Å²) in [5.74, 6) is -0.123. The molecule has 0 aliphatic heterocycles. The molecule has 17 heavy (non-hydrogen) atoms. The van der Waals surface area contributed by atoms with Crippen LogP contribution in [0.1, 0.15) is 15.9 Å². The Labute approximate surface area is 98.2 Å². The van der Waals surface area contributed by atoms with Crippen LogP contribution < -0.4 is 5.32 Å². The topological polar surface area (TPSA) is 75.1 Å². The Kier molecular flexibility index (Phi) is 3.00. The first kappa shape index (κ1) is 11.1. The molecular formula is C12H11N3O2. The largest absolute Gasteiger partial charge is 0.507 e. The van der Waals surface area contributed by atoms with Crippen molar-refractivity contribution in [2.24, 2.45) is 0 Å². The first-order valence-corrected chi connectivity index (χ1v) is 5.04. The van der Waals surface area contributed by atoms with Crippen molar-refractivity contribution < 1.29 is 9.90 Å². The minimum atomic E-state index is -0.410. The molecule has 0 spiro atoms. The minimum absolute atomic E-state index is 0.0583. The SMILES string of the molecule is Cc1ccc(O)c(C(=O)Nc2cnccn2)c1. The Morgan fingerprint density at radius 3 is 2.88 bits per heavy atom. The maximum atomic E-state index is 11.8. The summed E-state index contributed by atoms with van der Waals surface area (Å²) in [6, 6.07) is 4.83. The van der Waals surface area contributed by atoms with Crippen molar-refractivity contribution in [3.05, 3.63) is 47.9 Å². The van der Waals surface area contributed by atoms with Crippen molar-refractivity contribution in [2.75, 3.05) is 5.32 Å². The van der Waals surface area contributed by atoms with Crippen LogP contribution in [0.25, 0.3) is 0 Å². The number of phenolic OH excluding ortho intramolecular Hbond substituents is 1. The number of phenols is 1. The van der Waals surface area contributed by atoms with Crippen LogP contribution >= 0.6 is 0 Å². The van der Waals surface area contributed by atoms with Crippen molar-refractivity contribution >= 4 is 11.7 Å². The van der Waals surface area contributed by atoms with Gasteiger partial charge in [-0.15, -0.1) is 0 Å². The first-order chi connectivity index (χ1) is 8.16. The van der Waals surface area contributed by atoms with Gasteiger partial charge in [-0.2, -0.15) is 0 Å². The van der Waals surface area contributed by atoms with Crippen LogP contribution in [0.3, 0.4) is 0 Å². The fourth-order valence-corrected chi connectivity index (χ4v) is 1.38. The Morgan fingerprint density at radius 1 is 1.35 bits per heavy atom. The molecule has 5 nitrogen and oxygen atoms in total. The van der Waals surface area contributed by atoms with Crippen molar-refractivity contribution in [3.63, 3.8) is 0 Å². The predicted molar refractivity (Wildman–Crippen MR) is 62.8 cm³/mol. The van der Waals surface area contributed by atoms with E-state index in [1.807, 2.05) is 6.92 Å². The van der Waals surface area contributed by atoms with Gasteiger partial charge in [0.1, 0.15) is 5.75 Å². The summed E-state index contributed by atoms with van der Waals surface area (Å²) in [6.45, 7) is 1.85. The smallest absolute Gasteiger partial charge is 0.260 e. The molecule has 1 amide bonds. The second kappa shape index (κ2) is 4.61. The van der Waals surface area contributed by atoms with Gasteiger partial charge in [0, 0.05) is 12.4 Å². The summed E-state index contributed by atoms with van der Waals surface area (Å²) >= 11 is 0. The van der Waals surface area contributed by atoms with E-state index < -0.39 is 5.91 Å². The maximum Gasteiger partial charge on any atom is 0.260 e. The fraction of sp³-hybridized carbons (Fsp3) is 0.0833. The summed E-state index contributed by atoms with van der Waals surface area (Å²) in [5.41, 5.74) is 1.11. The Morgan fingerprint density at radius 2 is 2.18 bits per heavy atom. The van der Waals surface area contributed by atoms with Crippen molar-refractivity contribution in [3.8, 4) is 5.75 Å². The molecule has 5 heteroatoms. The van der Waals surface area contributed by atoms with Crippen LogP contribution in [0.5, 0.6) is 5.75 Å². The zero-order valence-electron chi connectivity index (χ0n) is 9.21. The molecule has 2 aromatic rings. The highest BCUT2D eigenvalue weighted by molar-refractivity contribution is 6.05. The molecule has 1 aromatic heterocycles. The van der Waals surface area contributed by atoms with E-state index in [9.17, 15) is 9.90 Å². The molecule has 0 bridgehead atoms. The lowest BCUT2D eigenvalue weighted by atomic mass is 10.1. The van der Waals surface area contributed by atoms with Gasteiger partial charge in [-0.3, -0.25) is 9.78 Å². The zero-order chi connectivity index (χ0) is 12.3. The summed E-state index contributed by atoms with van der Waals surface area (Å²) in [7, 11) is 0. The highest BCUT2D eigenvalue weighted by Gasteiger charge is 2.11. The molecule has 1 aromatic carbocycles. The van der Waals surface area contributed by atoms with E-state index in [2.05, 4.69) is 15.3 Å². The lowest BCUT2D eigenvalue weighted by Crippen LogP contribution is -2.13. The van der Waals surface area contributed by atoms with Gasteiger partial charge >= 0.3 is 0 Å². The minimum Gasteiger partial charge on any atom is -0.507 e. The molecule has 0 fully saturated rings. The summed E-state index contributed by atoms with van der Waals surface area (Å²) in [4.78, 5) is 19.6. The number of carbonyl (C=O) groups is 1. The second-order valence-electron chi connectivity index (χ2n) is 3.57. The van der Waals surface area contributed by atoms with E-state index in [0.717, 1.165) is 5.56 Å². The van der Waals surface area contributed by atoms with E-state index >= 15 is 0 Å². The molecule has 0 radical (unpaired) electrons. The molecule has 2 N–H and O–H groups in total. The van der Waals surface area contributed by atoms with E-state index in [0.29, 0.717) is 5.82 Å². The number of aromatic hydroxyl groups is 1. The lowest BCUT2D eigenvalue weighted by Gasteiger charge is -2.06. The summed E-state index contributed by atoms with van der Waals surface area (Å²) in [6.07, 6.45) is 4.43. The van der Waals surface area contributed by atoms with Crippen molar-refractivity contribution in [2.45, 2.75) is 6.92 Å². The molecule has 0 saturated heterocycles. The number of hydrogen-bond acceptors (Lipinski definition) is 4. The third kappa shape index (κ3) is 2.57. The number of anilines is 1. The third-order valence-electron chi connectivity index (χ3n) is 2.20. The standard InChI is InChI=1S/C12H11N3O2/c1-8-2-3-10(16)9(6-8)12(17)15-11-7-13-4-5-14-11/h2-7,16H,1H3,(H,14,15,17). The van der Waals surface area contributed by atoms with E-state index in [4.69, 9.17) is 0 Å². The Bertz CT molecular complexity index is 541. The van der Waals surface area contributed by atoms with Gasteiger partial charge in [-0.25, -0.2) is 4.98 Å². The van der Waals surface area contributed by atoms with Crippen molar-refractivity contribution in [1.82, 2.24) is 9.97 Å². The van der Waals surface area contributed by atoms with Crippen LogP contribution in [0.2, 0.25) is 0 Å². The maximum absolute atomic E-state index is 11.8. The average Bonchev–Trinajstić information content (AvgIpc) is 2.33. The second-order valence-corrected chi connectivity index (χ2v) is 3.57. The normalized spacial score (nSPS) is 9.94. The molecule has 1 heterocycles.